The molecule has 0 saturated carbocycles. The van der Waals surface area contributed by atoms with Crippen molar-refractivity contribution < 1.29 is 15.1 Å². The Hall–Kier alpha value is -1.62. The molecule has 0 heterocycles. The van der Waals surface area contributed by atoms with Crippen molar-refractivity contribution in [1.29, 1.82) is 0 Å². The van der Waals surface area contributed by atoms with Crippen LogP contribution in [0.15, 0.2) is 18.2 Å². The average Bonchev–Trinajstić information content (AvgIpc) is 2.07. The average molecular weight is 197 g/mol. The van der Waals surface area contributed by atoms with Crippen LogP contribution in [-0.4, -0.2) is 21.2 Å². The first-order chi connectivity index (χ1) is 6.50. The number of nitro benzene ring substituents is 1. The second kappa shape index (κ2) is 4.06. The summed E-state index contributed by atoms with van der Waals surface area (Å²) in [6.45, 7) is 1.60. The van der Waals surface area contributed by atoms with Crippen molar-refractivity contribution in [1.82, 2.24) is 0 Å². The minimum Gasteiger partial charge on any atom is -0.502 e. The third kappa shape index (κ3) is 2.43. The lowest BCUT2D eigenvalue weighted by molar-refractivity contribution is -0.385. The van der Waals surface area contributed by atoms with Crippen LogP contribution >= 0.6 is 0 Å². The standard InChI is InChI=1S/C9H11NO4/c1-6(11)4-7-2-3-9(12)8(5-7)10(13)14/h2-3,5-6,11-12H,4H2,1H3. The van der Waals surface area contributed by atoms with Crippen LogP contribution in [-0.2, 0) is 6.42 Å². The van der Waals surface area contributed by atoms with E-state index < -0.39 is 11.0 Å². The maximum Gasteiger partial charge on any atom is 0.310 e. The Kier molecular flexibility index (Phi) is 3.03. The zero-order valence-electron chi connectivity index (χ0n) is 7.67. The minimum atomic E-state index is -0.652. The largest absolute Gasteiger partial charge is 0.502 e. The molecule has 0 saturated heterocycles. The zero-order chi connectivity index (χ0) is 10.7. The van der Waals surface area contributed by atoms with Gasteiger partial charge in [-0.3, -0.25) is 10.1 Å². The molecule has 5 nitrogen and oxygen atoms in total. The molecule has 1 rings (SSSR count). The summed E-state index contributed by atoms with van der Waals surface area (Å²) in [7, 11) is 0. The van der Waals surface area contributed by atoms with Crippen LogP contribution in [0.1, 0.15) is 12.5 Å². The Morgan fingerprint density at radius 1 is 1.57 bits per heavy atom. The maximum atomic E-state index is 10.4. The smallest absolute Gasteiger partial charge is 0.310 e. The topological polar surface area (TPSA) is 83.6 Å². The molecule has 5 heteroatoms. The highest BCUT2D eigenvalue weighted by atomic mass is 16.6. The fraction of sp³-hybridized carbons (Fsp3) is 0.333. The second-order valence-electron chi connectivity index (χ2n) is 3.13. The number of hydrogen-bond acceptors (Lipinski definition) is 4. The highest BCUT2D eigenvalue weighted by molar-refractivity contribution is 5.47. The molecule has 1 unspecified atom stereocenters. The van der Waals surface area contributed by atoms with Gasteiger partial charge in [0.1, 0.15) is 0 Å². The molecule has 14 heavy (non-hydrogen) atoms. The Labute approximate surface area is 80.8 Å². The van der Waals surface area contributed by atoms with E-state index in [1.807, 2.05) is 0 Å². The Morgan fingerprint density at radius 3 is 2.71 bits per heavy atom. The first-order valence-corrected chi connectivity index (χ1v) is 4.15. The van der Waals surface area contributed by atoms with Crippen molar-refractivity contribution in [3.8, 4) is 5.75 Å². The number of nitro groups is 1. The quantitative estimate of drug-likeness (QED) is 0.563. The summed E-state index contributed by atoms with van der Waals surface area (Å²) in [6.07, 6.45) is -0.222. The second-order valence-corrected chi connectivity index (χ2v) is 3.13. The van der Waals surface area contributed by atoms with E-state index in [2.05, 4.69) is 0 Å². The lowest BCUT2D eigenvalue weighted by Crippen LogP contribution is -2.04. The van der Waals surface area contributed by atoms with Gasteiger partial charge in [0, 0.05) is 6.07 Å². The number of phenols is 1. The first-order valence-electron chi connectivity index (χ1n) is 4.15. The van der Waals surface area contributed by atoms with E-state index in [9.17, 15) is 10.1 Å². The number of hydrogen-bond donors (Lipinski definition) is 2. The van der Waals surface area contributed by atoms with E-state index in [0.717, 1.165) is 0 Å². The van der Waals surface area contributed by atoms with E-state index >= 15 is 0 Å². The molecule has 1 aromatic rings. The number of aliphatic hydroxyl groups excluding tert-OH is 1. The fourth-order valence-electron chi connectivity index (χ4n) is 1.18. The van der Waals surface area contributed by atoms with Crippen molar-refractivity contribution in [2.75, 3.05) is 0 Å². The summed E-state index contributed by atoms with van der Waals surface area (Å²) in [4.78, 5) is 9.79. The summed E-state index contributed by atoms with van der Waals surface area (Å²) < 4.78 is 0. The number of aliphatic hydroxyl groups is 1. The van der Waals surface area contributed by atoms with E-state index in [4.69, 9.17) is 10.2 Å². The van der Waals surface area contributed by atoms with Gasteiger partial charge in [-0.25, -0.2) is 0 Å². The van der Waals surface area contributed by atoms with Gasteiger partial charge in [-0.15, -0.1) is 0 Å². The Balaban J connectivity index is 3.00. The molecule has 1 aromatic carbocycles. The van der Waals surface area contributed by atoms with Gasteiger partial charge in [-0.1, -0.05) is 6.07 Å². The van der Waals surface area contributed by atoms with Gasteiger partial charge in [0.25, 0.3) is 0 Å². The van der Waals surface area contributed by atoms with Crippen molar-refractivity contribution in [3.05, 3.63) is 33.9 Å². The number of phenolic OH excluding ortho intramolecular Hbond substituents is 1. The van der Waals surface area contributed by atoms with Crippen LogP contribution in [0.5, 0.6) is 5.75 Å². The third-order valence-corrected chi connectivity index (χ3v) is 1.77. The molecule has 1 atom stereocenters. The molecular formula is C9H11NO4. The highest BCUT2D eigenvalue weighted by Gasteiger charge is 2.13. The van der Waals surface area contributed by atoms with Gasteiger partial charge in [0.2, 0.25) is 0 Å². The van der Waals surface area contributed by atoms with E-state index in [-0.39, 0.29) is 11.4 Å². The number of nitrogens with zero attached hydrogens (tertiary/aromatic N) is 1. The molecule has 0 aliphatic rings. The normalized spacial score (nSPS) is 12.4. The predicted molar refractivity (Wildman–Crippen MR) is 50.1 cm³/mol. The first kappa shape index (κ1) is 10.5. The van der Waals surface area contributed by atoms with Crippen molar-refractivity contribution >= 4 is 5.69 Å². The van der Waals surface area contributed by atoms with Crippen molar-refractivity contribution in [2.24, 2.45) is 0 Å². The molecule has 0 spiro atoms. The molecule has 0 fully saturated rings. The molecule has 76 valence electrons. The van der Waals surface area contributed by atoms with Crippen LogP contribution in [0.3, 0.4) is 0 Å². The summed E-state index contributed by atoms with van der Waals surface area (Å²) in [5, 5.41) is 28.7. The lowest BCUT2D eigenvalue weighted by atomic mass is 10.1. The van der Waals surface area contributed by atoms with Crippen LogP contribution in [0.25, 0.3) is 0 Å². The summed E-state index contributed by atoms with van der Waals surface area (Å²) in [5.74, 6) is -0.357. The van der Waals surface area contributed by atoms with Gasteiger partial charge < -0.3 is 10.2 Å². The molecular weight excluding hydrogens is 186 g/mol. The monoisotopic (exact) mass is 197 g/mol. The van der Waals surface area contributed by atoms with Crippen LogP contribution in [0.4, 0.5) is 5.69 Å². The highest BCUT2D eigenvalue weighted by Crippen LogP contribution is 2.26. The third-order valence-electron chi connectivity index (χ3n) is 1.77. The number of benzene rings is 1. The summed E-state index contributed by atoms with van der Waals surface area (Å²) in [6, 6.07) is 4.08. The molecule has 0 bridgehead atoms. The molecule has 2 N–H and O–H groups in total. The van der Waals surface area contributed by atoms with Crippen molar-refractivity contribution in [3.63, 3.8) is 0 Å². The van der Waals surface area contributed by atoms with Gasteiger partial charge in [-0.05, 0) is 25.0 Å². The molecule has 0 aromatic heterocycles. The van der Waals surface area contributed by atoms with Gasteiger partial charge in [-0.2, -0.15) is 0 Å². The summed E-state index contributed by atoms with van der Waals surface area (Å²) in [5.41, 5.74) is 0.299. The van der Waals surface area contributed by atoms with Crippen LogP contribution in [0, 0.1) is 10.1 Å². The molecule has 0 aliphatic heterocycles. The Bertz CT molecular complexity index is 349. The lowest BCUT2D eigenvalue weighted by Gasteiger charge is -2.04. The fourth-order valence-corrected chi connectivity index (χ4v) is 1.18. The molecule has 0 aliphatic carbocycles. The maximum absolute atomic E-state index is 10.4. The van der Waals surface area contributed by atoms with Gasteiger partial charge in [0.15, 0.2) is 5.75 Å². The van der Waals surface area contributed by atoms with Crippen LogP contribution < -0.4 is 0 Å². The molecule has 0 radical (unpaired) electrons. The zero-order valence-corrected chi connectivity index (χ0v) is 7.67. The van der Waals surface area contributed by atoms with E-state index in [1.54, 1.807) is 13.0 Å². The van der Waals surface area contributed by atoms with E-state index in [0.29, 0.717) is 12.0 Å². The van der Waals surface area contributed by atoms with Crippen LogP contribution in [0.2, 0.25) is 0 Å². The molecule has 0 amide bonds. The van der Waals surface area contributed by atoms with E-state index in [1.165, 1.54) is 12.1 Å². The van der Waals surface area contributed by atoms with Gasteiger partial charge >= 0.3 is 5.69 Å². The number of rotatable bonds is 3. The SMILES string of the molecule is CC(O)Cc1ccc(O)c([N+](=O)[O-])c1. The van der Waals surface area contributed by atoms with Gasteiger partial charge in [0.05, 0.1) is 11.0 Å². The summed E-state index contributed by atoms with van der Waals surface area (Å²) >= 11 is 0. The van der Waals surface area contributed by atoms with Crippen molar-refractivity contribution in [2.45, 2.75) is 19.4 Å². The number of aromatic hydroxyl groups is 1. The predicted octanol–water partition coefficient (Wildman–Crippen LogP) is 1.22. The minimum absolute atomic E-state index is 0.330. The Morgan fingerprint density at radius 2 is 2.21 bits per heavy atom.